The Kier molecular flexibility index (Phi) is 3.00. The minimum Gasteiger partial charge on any atom is -0.497 e. The normalized spacial score (nSPS) is 11.2. The van der Waals surface area contributed by atoms with E-state index in [0.29, 0.717) is 11.7 Å². The molecule has 0 fully saturated rings. The fourth-order valence-electron chi connectivity index (χ4n) is 2.35. The number of H-pyrrole nitrogens is 1. The van der Waals surface area contributed by atoms with Crippen LogP contribution in [0.25, 0.3) is 16.8 Å². The van der Waals surface area contributed by atoms with Crippen molar-refractivity contribution in [2.24, 2.45) is 0 Å². The average Bonchev–Trinajstić information content (AvgIpc) is 3.03. The maximum atomic E-state index is 5.21. The van der Waals surface area contributed by atoms with E-state index in [9.17, 15) is 0 Å². The molecular weight excluding hydrogens is 346 g/mol. The van der Waals surface area contributed by atoms with Crippen LogP contribution in [-0.4, -0.2) is 26.7 Å². The summed E-state index contributed by atoms with van der Waals surface area (Å²) in [6.07, 6.45) is 0. The average molecular weight is 358 g/mol. The maximum Gasteiger partial charge on any atom is 0.253 e. The molecule has 0 unspecified atom stereocenters. The molecule has 2 aromatic heterocycles. The highest BCUT2D eigenvalue weighted by Gasteiger charge is 2.10. The van der Waals surface area contributed by atoms with Gasteiger partial charge in [0.05, 0.1) is 18.1 Å². The van der Waals surface area contributed by atoms with Crippen molar-refractivity contribution < 1.29 is 4.74 Å². The number of hydrogen-bond acceptors (Lipinski definition) is 4. The number of benzene rings is 2. The summed E-state index contributed by atoms with van der Waals surface area (Å²) in [7, 11) is 1.64. The van der Waals surface area contributed by atoms with Gasteiger partial charge in [-0.05, 0) is 30.3 Å². The minimum absolute atomic E-state index is 0.612. The Balaban J connectivity index is 1.75. The first-order valence-electron chi connectivity index (χ1n) is 6.68. The molecule has 0 bridgehead atoms. The quantitative estimate of drug-likeness (QED) is 0.586. The highest BCUT2D eigenvalue weighted by Crippen LogP contribution is 2.23. The third-order valence-corrected chi connectivity index (χ3v) is 3.85. The Morgan fingerprint density at radius 1 is 1.18 bits per heavy atom. The van der Waals surface area contributed by atoms with Crippen molar-refractivity contribution >= 4 is 44.4 Å². The Morgan fingerprint density at radius 2 is 2.09 bits per heavy atom. The molecule has 4 aromatic rings. The van der Waals surface area contributed by atoms with Gasteiger partial charge in [0, 0.05) is 16.2 Å². The van der Waals surface area contributed by atoms with Crippen LogP contribution in [0.4, 0.5) is 11.6 Å². The highest BCUT2D eigenvalue weighted by atomic mass is 79.9. The molecule has 0 radical (unpaired) electrons. The third-order valence-electron chi connectivity index (χ3n) is 3.36. The van der Waals surface area contributed by atoms with Crippen molar-refractivity contribution in [2.75, 3.05) is 12.4 Å². The second-order valence-corrected chi connectivity index (χ2v) is 5.73. The Hall–Kier alpha value is -2.54. The summed E-state index contributed by atoms with van der Waals surface area (Å²) in [5, 5.41) is 6.43. The Bertz CT molecular complexity index is 975. The molecule has 0 aliphatic rings. The van der Waals surface area contributed by atoms with E-state index >= 15 is 0 Å². The summed E-state index contributed by atoms with van der Waals surface area (Å²) < 4.78 is 8.06. The van der Waals surface area contributed by atoms with Gasteiger partial charge in [-0.25, -0.2) is 9.50 Å². The molecule has 7 heteroatoms. The fourth-order valence-corrected chi connectivity index (χ4v) is 2.75. The number of anilines is 2. The zero-order valence-corrected chi connectivity index (χ0v) is 13.3. The fraction of sp³-hybridized carbons (Fsp3) is 0.0667. The monoisotopic (exact) mass is 357 g/mol. The second-order valence-electron chi connectivity index (χ2n) is 4.81. The molecule has 22 heavy (non-hydrogen) atoms. The lowest BCUT2D eigenvalue weighted by molar-refractivity contribution is 0.415. The lowest BCUT2D eigenvalue weighted by Crippen LogP contribution is -1.93. The van der Waals surface area contributed by atoms with Gasteiger partial charge in [-0.15, -0.1) is 0 Å². The molecule has 2 N–H and O–H groups in total. The number of imidazole rings is 1. The molecule has 2 aromatic carbocycles. The van der Waals surface area contributed by atoms with E-state index in [2.05, 4.69) is 36.3 Å². The smallest absolute Gasteiger partial charge is 0.253 e. The van der Waals surface area contributed by atoms with Crippen LogP contribution in [0.2, 0.25) is 0 Å². The van der Waals surface area contributed by atoms with Crippen LogP contribution in [0.15, 0.2) is 46.9 Å². The summed E-state index contributed by atoms with van der Waals surface area (Å²) >= 11 is 3.45. The summed E-state index contributed by atoms with van der Waals surface area (Å²) in [6.45, 7) is 0. The van der Waals surface area contributed by atoms with E-state index in [4.69, 9.17) is 4.74 Å². The van der Waals surface area contributed by atoms with Crippen LogP contribution in [0.3, 0.4) is 0 Å². The molecular formula is C15H12BrN5O. The van der Waals surface area contributed by atoms with Crippen molar-refractivity contribution in [3.63, 3.8) is 0 Å². The van der Waals surface area contributed by atoms with Gasteiger partial charge in [0.2, 0.25) is 5.95 Å². The SMILES string of the molecule is COc1ccc2c(c1)nc1nc(Nc3cccc(Br)c3)[nH]n12. The van der Waals surface area contributed by atoms with Gasteiger partial charge in [0.25, 0.3) is 5.78 Å². The lowest BCUT2D eigenvalue weighted by Gasteiger charge is -2.02. The largest absolute Gasteiger partial charge is 0.497 e. The summed E-state index contributed by atoms with van der Waals surface area (Å²) in [5.74, 6) is 2.03. The molecule has 4 rings (SSSR count). The van der Waals surface area contributed by atoms with Crippen LogP contribution in [-0.2, 0) is 0 Å². The molecule has 2 heterocycles. The zero-order valence-electron chi connectivity index (χ0n) is 11.7. The van der Waals surface area contributed by atoms with E-state index in [-0.39, 0.29) is 0 Å². The molecule has 0 spiro atoms. The predicted molar refractivity (Wildman–Crippen MR) is 88.8 cm³/mol. The van der Waals surface area contributed by atoms with E-state index < -0.39 is 0 Å². The first-order valence-corrected chi connectivity index (χ1v) is 7.47. The number of hydrogen-bond donors (Lipinski definition) is 2. The standard InChI is InChI=1S/C15H12BrN5O/c1-22-11-5-6-13-12(8-11)18-15-19-14(20-21(13)15)17-10-4-2-3-9(16)7-10/h2-8H,1H3,(H2,17,18,19,20). The van der Waals surface area contributed by atoms with E-state index in [1.54, 1.807) is 7.11 Å². The van der Waals surface area contributed by atoms with Crippen LogP contribution < -0.4 is 10.1 Å². The Labute approximate surface area is 134 Å². The number of ether oxygens (including phenoxy) is 1. The second kappa shape index (κ2) is 5.03. The summed E-state index contributed by atoms with van der Waals surface area (Å²) in [5.41, 5.74) is 2.73. The van der Waals surface area contributed by atoms with Gasteiger partial charge in [0.1, 0.15) is 5.75 Å². The molecule has 0 aliphatic carbocycles. The molecule has 0 amide bonds. The number of rotatable bonds is 3. The molecule has 0 atom stereocenters. The summed E-state index contributed by atoms with van der Waals surface area (Å²) in [4.78, 5) is 8.95. The van der Waals surface area contributed by atoms with E-state index in [1.165, 1.54) is 0 Å². The number of aromatic amines is 1. The number of methoxy groups -OCH3 is 1. The van der Waals surface area contributed by atoms with Gasteiger partial charge in [0.15, 0.2) is 0 Å². The van der Waals surface area contributed by atoms with Crippen LogP contribution in [0.1, 0.15) is 0 Å². The van der Waals surface area contributed by atoms with Gasteiger partial charge in [-0.2, -0.15) is 4.98 Å². The van der Waals surface area contributed by atoms with E-state index in [1.807, 2.05) is 47.0 Å². The van der Waals surface area contributed by atoms with Gasteiger partial charge >= 0.3 is 0 Å². The highest BCUT2D eigenvalue weighted by molar-refractivity contribution is 9.10. The van der Waals surface area contributed by atoms with E-state index in [0.717, 1.165) is 26.9 Å². The molecule has 0 saturated carbocycles. The van der Waals surface area contributed by atoms with Gasteiger partial charge in [-0.3, -0.25) is 5.10 Å². The molecule has 110 valence electrons. The molecule has 0 saturated heterocycles. The van der Waals surface area contributed by atoms with Crippen LogP contribution in [0, 0.1) is 0 Å². The topological polar surface area (TPSA) is 67.2 Å². The van der Waals surface area contributed by atoms with Crippen LogP contribution >= 0.6 is 15.9 Å². The lowest BCUT2D eigenvalue weighted by atomic mass is 10.3. The minimum atomic E-state index is 0.612. The Morgan fingerprint density at radius 3 is 2.91 bits per heavy atom. The van der Waals surface area contributed by atoms with Gasteiger partial charge < -0.3 is 10.1 Å². The zero-order chi connectivity index (χ0) is 15.1. The van der Waals surface area contributed by atoms with Crippen molar-refractivity contribution in [3.8, 4) is 5.75 Å². The van der Waals surface area contributed by atoms with Crippen molar-refractivity contribution in [2.45, 2.75) is 0 Å². The van der Waals surface area contributed by atoms with Crippen molar-refractivity contribution in [3.05, 3.63) is 46.9 Å². The van der Waals surface area contributed by atoms with Crippen molar-refractivity contribution in [1.29, 1.82) is 0 Å². The maximum absolute atomic E-state index is 5.21. The number of nitrogens with zero attached hydrogens (tertiary/aromatic N) is 3. The summed E-state index contributed by atoms with van der Waals surface area (Å²) in [6, 6.07) is 13.6. The number of halogens is 1. The predicted octanol–water partition coefficient (Wildman–Crippen LogP) is 3.73. The number of aromatic nitrogens is 4. The number of nitrogens with one attached hydrogen (secondary N) is 2. The number of fused-ring (bicyclic) bond motifs is 3. The molecule has 6 nitrogen and oxygen atoms in total. The first-order chi connectivity index (χ1) is 10.7. The van der Waals surface area contributed by atoms with Gasteiger partial charge in [-0.1, -0.05) is 22.0 Å². The molecule has 0 aliphatic heterocycles. The first kappa shape index (κ1) is 13.1. The third kappa shape index (κ3) is 2.19. The van der Waals surface area contributed by atoms with Crippen molar-refractivity contribution in [1.82, 2.24) is 19.6 Å². The van der Waals surface area contributed by atoms with Crippen LogP contribution in [0.5, 0.6) is 5.75 Å².